The topological polar surface area (TPSA) is 165 Å². The normalized spacial score (nSPS) is 21.2. The van der Waals surface area contributed by atoms with E-state index < -0.39 is 36.8 Å². The Morgan fingerprint density at radius 1 is 1.09 bits per heavy atom. The third-order valence-corrected chi connectivity index (χ3v) is 10.4. The molecule has 44 heavy (non-hydrogen) atoms. The van der Waals surface area contributed by atoms with Crippen LogP contribution in [-0.4, -0.2) is 60.5 Å². The maximum Gasteiger partial charge on any atom is 0.399 e. The molecule has 3 aromatic heterocycles. The van der Waals surface area contributed by atoms with Gasteiger partial charge in [0.2, 0.25) is 11.8 Å². The molecular weight excluding hydrogens is 615 g/mol. The van der Waals surface area contributed by atoms with Crippen LogP contribution in [0.1, 0.15) is 59.3 Å². The van der Waals surface area contributed by atoms with Gasteiger partial charge in [0.15, 0.2) is 0 Å². The lowest BCUT2D eigenvalue weighted by atomic mass is 9.99. The van der Waals surface area contributed by atoms with E-state index in [0.29, 0.717) is 30.4 Å². The Labute approximate surface area is 254 Å². The van der Waals surface area contributed by atoms with Gasteiger partial charge in [-0.05, 0) is 67.0 Å². The van der Waals surface area contributed by atoms with E-state index in [1.54, 1.807) is 17.3 Å². The van der Waals surface area contributed by atoms with Crippen LogP contribution < -0.4 is 10.6 Å². The van der Waals surface area contributed by atoms with E-state index in [-0.39, 0.29) is 34.7 Å². The Balaban J connectivity index is 1.16. The first-order valence-corrected chi connectivity index (χ1v) is 16.7. The number of hydrogen-bond acceptors (Lipinski definition) is 6. The standard InChI is InChI=1S/C29H30F2N5O6PS/c30-29(31,43(40,41)42)19-5-8-23-18(12-19)13-24(44-23)27(38)35-21-4-2-1-3-20-6-7-22(36(20)28(21)39)26(37)34-15-16-11-17-9-10-32-25(17)33-14-16/h5,8-14,20-22H,1-4,6-7,15H2,(H,32,33)(H,34,37)(H,35,38)(H2,40,41,42)/t20-,21-,22-/m0/s1. The average molecular weight is 646 g/mol. The number of H-pyrrole nitrogens is 1. The van der Waals surface area contributed by atoms with Gasteiger partial charge in [0.25, 0.3) is 5.91 Å². The number of carbonyl (C=O) groups excluding carboxylic acids is 3. The van der Waals surface area contributed by atoms with Crippen molar-refractivity contribution in [2.75, 3.05) is 0 Å². The van der Waals surface area contributed by atoms with E-state index in [0.717, 1.165) is 52.9 Å². The van der Waals surface area contributed by atoms with Gasteiger partial charge < -0.3 is 30.3 Å². The van der Waals surface area contributed by atoms with Gasteiger partial charge in [-0.3, -0.25) is 18.9 Å². The quantitative estimate of drug-likeness (QED) is 0.187. The van der Waals surface area contributed by atoms with E-state index in [4.69, 9.17) is 9.79 Å². The SMILES string of the molecule is O=C(N[C@H]1CCCC[C@H]2CC[C@@H](C(=O)NCc3cnc4[nH]ccc4c3)N2C1=O)c1cc2cc(C(F)(F)P(=O)(O)O)ccc2s1. The van der Waals surface area contributed by atoms with Crippen LogP contribution in [0.2, 0.25) is 0 Å². The van der Waals surface area contributed by atoms with Crippen molar-refractivity contribution in [1.82, 2.24) is 25.5 Å². The Kier molecular flexibility index (Phi) is 8.03. The molecule has 2 saturated heterocycles. The number of benzene rings is 1. The predicted octanol–water partition coefficient (Wildman–Crippen LogP) is 4.35. The van der Waals surface area contributed by atoms with Gasteiger partial charge in [-0.2, -0.15) is 8.78 Å². The Hall–Kier alpha value is -3.71. The molecule has 3 atom stereocenters. The third kappa shape index (κ3) is 5.74. The molecule has 5 N–H and O–H groups in total. The van der Waals surface area contributed by atoms with E-state index >= 15 is 0 Å². The Morgan fingerprint density at radius 3 is 2.68 bits per heavy atom. The molecule has 0 bridgehead atoms. The van der Waals surface area contributed by atoms with Crippen LogP contribution in [0.3, 0.4) is 0 Å². The second-order valence-corrected chi connectivity index (χ2v) is 14.0. The summed E-state index contributed by atoms with van der Waals surface area (Å²) in [6.45, 7) is 0.254. The first-order valence-electron chi connectivity index (χ1n) is 14.2. The summed E-state index contributed by atoms with van der Waals surface area (Å²) in [7, 11) is -5.75. The highest BCUT2D eigenvalue weighted by atomic mass is 32.1. The molecule has 6 rings (SSSR count). The Morgan fingerprint density at radius 2 is 1.89 bits per heavy atom. The number of fused-ring (bicyclic) bond motifs is 3. The highest BCUT2D eigenvalue weighted by molar-refractivity contribution is 7.52. The van der Waals surface area contributed by atoms with E-state index in [2.05, 4.69) is 20.6 Å². The van der Waals surface area contributed by atoms with Gasteiger partial charge in [0.1, 0.15) is 17.7 Å². The van der Waals surface area contributed by atoms with Crippen molar-refractivity contribution in [3.8, 4) is 0 Å². The third-order valence-electron chi connectivity index (χ3n) is 8.32. The summed E-state index contributed by atoms with van der Waals surface area (Å²) in [6.07, 6.45) is 7.35. The second kappa shape index (κ2) is 11.7. The molecule has 2 aliphatic rings. The van der Waals surface area contributed by atoms with E-state index in [1.807, 2.05) is 12.1 Å². The molecule has 0 saturated carbocycles. The number of hydrogen-bond donors (Lipinski definition) is 5. The van der Waals surface area contributed by atoms with Crippen LogP contribution >= 0.6 is 18.9 Å². The van der Waals surface area contributed by atoms with Crippen molar-refractivity contribution in [3.63, 3.8) is 0 Å². The fourth-order valence-electron chi connectivity index (χ4n) is 6.05. The summed E-state index contributed by atoms with van der Waals surface area (Å²) in [5.41, 5.74) is -3.66. The van der Waals surface area contributed by atoms with Crippen LogP contribution in [0.25, 0.3) is 21.1 Å². The lowest BCUT2D eigenvalue weighted by molar-refractivity contribution is -0.142. The fourth-order valence-corrected chi connectivity index (χ4v) is 7.47. The number of rotatable bonds is 7. The van der Waals surface area contributed by atoms with Gasteiger partial charge in [-0.1, -0.05) is 18.9 Å². The number of nitrogens with zero attached hydrogens (tertiary/aromatic N) is 2. The first-order chi connectivity index (χ1) is 20.9. The molecule has 0 unspecified atom stereocenters. The zero-order valence-corrected chi connectivity index (χ0v) is 25.0. The number of thiophene rings is 1. The molecular formula is C29H30F2N5O6PS. The number of aromatic amines is 1. The van der Waals surface area contributed by atoms with Crippen LogP contribution in [0.15, 0.2) is 48.8 Å². The maximum atomic E-state index is 14.2. The molecule has 0 radical (unpaired) electrons. The molecule has 232 valence electrons. The molecule has 4 aromatic rings. The molecule has 2 fully saturated rings. The molecule has 5 heterocycles. The van der Waals surface area contributed by atoms with Crippen molar-refractivity contribution in [3.05, 3.63) is 64.8 Å². The lowest BCUT2D eigenvalue weighted by Gasteiger charge is -2.35. The summed E-state index contributed by atoms with van der Waals surface area (Å²) < 4.78 is 40.3. The average Bonchev–Trinajstić information content (AvgIpc) is 3.73. The van der Waals surface area contributed by atoms with Crippen molar-refractivity contribution in [1.29, 1.82) is 0 Å². The number of nitrogens with one attached hydrogen (secondary N) is 3. The zero-order chi connectivity index (χ0) is 31.2. The van der Waals surface area contributed by atoms with Crippen molar-refractivity contribution in [2.45, 2.75) is 68.9 Å². The number of amides is 3. The van der Waals surface area contributed by atoms with Crippen LogP contribution in [0, 0.1) is 0 Å². The largest absolute Gasteiger partial charge is 0.399 e. The van der Waals surface area contributed by atoms with Gasteiger partial charge in [0, 0.05) is 40.6 Å². The maximum absolute atomic E-state index is 14.2. The highest BCUT2D eigenvalue weighted by Crippen LogP contribution is 2.59. The minimum absolute atomic E-state index is 0.116. The number of aromatic nitrogens is 2. The minimum Gasteiger partial charge on any atom is -0.350 e. The summed E-state index contributed by atoms with van der Waals surface area (Å²) in [6, 6.07) is 6.67. The van der Waals surface area contributed by atoms with Gasteiger partial charge >= 0.3 is 13.3 Å². The number of halogens is 2. The van der Waals surface area contributed by atoms with Crippen molar-refractivity contribution in [2.24, 2.45) is 0 Å². The molecule has 15 heteroatoms. The monoisotopic (exact) mass is 645 g/mol. The number of alkyl halides is 2. The van der Waals surface area contributed by atoms with Gasteiger partial charge in [0.05, 0.1) is 4.88 Å². The first kappa shape index (κ1) is 30.3. The van der Waals surface area contributed by atoms with E-state index in [1.165, 1.54) is 12.1 Å². The molecule has 3 amide bonds. The second-order valence-electron chi connectivity index (χ2n) is 11.2. The predicted molar refractivity (Wildman–Crippen MR) is 159 cm³/mol. The Bertz CT molecular complexity index is 1800. The van der Waals surface area contributed by atoms with Crippen molar-refractivity contribution < 1.29 is 37.5 Å². The minimum atomic E-state index is -5.75. The number of pyridine rings is 1. The lowest BCUT2D eigenvalue weighted by Crippen LogP contribution is -2.56. The highest BCUT2D eigenvalue weighted by Gasteiger charge is 2.50. The number of carbonyl (C=O) groups is 3. The summed E-state index contributed by atoms with van der Waals surface area (Å²) in [5.74, 6) is -1.17. The van der Waals surface area contributed by atoms with Gasteiger partial charge in [-0.25, -0.2) is 4.98 Å². The van der Waals surface area contributed by atoms with Crippen molar-refractivity contribution >= 4 is 57.8 Å². The molecule has 0 aliphatic carbocycles. The fraction of sp³-hybridized carbons (Fsp3) is 0.379. The van der Waals surface area contributed by atoms with E-state index in [9.17, 15) is 27.7 Å². The smallest absolute Gasteiger partial charge is 0.350 e. The zero-order valence-electron chi connectivity index (χ0n) is 23.3. The molecule has 1 aromatic carbocycles. The van der Waals surface area contributed by atoms with Crippen LogP contribution in [0.4, 0.5) is 8.78 Å². The molecule has 2 aliphatic heterocycles. The van der Waals surface area contributed by atoms with Crippen LogP contribution in [0.5, 0.6) is 0 Å². The summed E-state index contributed by atoms with van der Waals surface area (Å²) >= 11 is 1.01. The summed E-state index contributed by atoms with van der Waals surface area (Å²) in [5, 5.41) is 6.87. The van der Waals surface area contributed by atoms with Gasteiger partial charge in [-0.15, -0.1) is 11.3 Å². The van der Waals surface area contributed by atoms with Crippen LogP contribution in [-0.2, 0) is 26.4 Å². The molecule has 0 spiro atoms. The summed E-state index contributed by atoms with van der Waals surface area (Å²) in [4.78, 5) is 67.7. The molecule has 11 nitrogen and oxygen atoms in total.